The number of hydrogen-bond acceptors (Lipinski definition) is 6. The van der Waals surface area contributed by atoms with Crippen molar-refractivity contribution in [3.05, 3.63) is 42.0 Å². The average molecular weight is 461 g/mol. The molecule has 0 spiro atoms. The zero-order valence-electron chi connectivity index (χ0n) is 18.7. The first-order valence-electron chi connectivity index (χ1n) is 11.0. The van der Waals surface area contributed by atoms with Gasteiger partial charge < -0.3 is 19.7 Å². The summed E-state index contributed by atoms with van der Waals surface area (Å²) >= 11 is 0. The molecule has 2 heterocycles. The lowest BCUT2D eigenvalue weighted by molar-refractivity contribution is -0.137. The Balaban J connectivity index is 1.73. The Kier molecular flexibility index (Phi) is 6.88. The number of aromatic nitrogens is 2. The molecule has 0 aliphatic carbocycles. The molecule has 176 valence electrons. The van der Waals surface area contributed by atoms with Crippen molar-refractivity contribution < 1.29 is 22.6 Å². The normalized spacial score (nSPS) is 14.9. The second kappa shape index (κ2) is 9.82. The second-order valence-corrected chi connectivity index (χ2v) is 8.03. The first-order chi connectivity index (χ1) is 15.9. The van der Waals surface area contributed by atoms with Crippen LogP contribution in [0, 0.1) is 0 Å². The highest BCUT2D eigenvalue weighted by Crippen LogP contribution is 2.36. The summed E-state index contributed by atoms with van der Waals surface area (Å²) in [5, 5.41) is 4.08. The molecule has 0 amide bonds. The summed E-state index contributed by atoms with van der Waals surface area (Å²) in [7, 11) is 3.07. The first-order valence-corrected chi connectivity index (χ1v) is 11.0. The monoisotopic (exact) mass is 460 g/mol. The van der Waals surface area contributed by atoms with Gasteiger partial charge >= 0.3 is 6.18 Å². The highest BCUT2D eigenvalue weighted by Gasteiger charge is 2.30. The molecule has 4 rings (SSSR count). The lowest BCUT2D eigenvalue weighted by atomic mass is 10.1. The number of methoxy groups -OCH3 is 2. The van der Waals surface area contributed by atoms with E-state index >= 15 is 0 Å². The van der Waals surface area contributed by atoms with Gasteiger partial charge in [-0.2, -0.15) is 13.2 Å². The first kappa shape index (κ1) is 23.1. The lowest BCUT2D eigenvalue weighted by Crippen LogP contribution is -2.33. The van der Waals surface area contributed by atoms with Crippen molar-refractivity contribution in [1.82, 2.24) is 14.9 Å². The quantitative estimate of drug-likeness (QED) is 0.521. The predicted molar refractivity (Wildman–Crippen MR) is 122 cm³/mol. The zero-order valence-corrected chi connectivity index (χ0v) is 18.7. The van der Waals surface area contributed by atoms with Gasteiger partial charge in [0.25, 0.3) is 0 Å². The molecule has 2 aromatic carbocycles. The number of piperidine rings is 1. The van der Waals surface area contributed by atoms with Crippen molar-refractivity contribution in [2.45, 2.75) is 25.4 Å². The third-order valence-electron chi connectivity index (χ3n) is 5.82. The summed E-state index contributed by atoms with van der Waals surface area (Å²) in [5.41, 5.74) is 0.103. The third kappa shape index (κ3) is 5.30. The molecule has 3 aromatic rings. The van der Waals surface area contributed by atoms with E-state index in [2.05, 4.69) is 20.2 Å². The van der Waals surface area contributed by atoms with Crippen LogP contribution in [0.5, 0.6) is 11.5 Å². The van der Waals surface area contributed by atoms with E-state index in [9.17, 15) is 13.2 Å². The Hall–Kier alpha value is -3.07. The Labute approximate surface area is 190 Å². The number of fused-ring (bicyclic) bond motifs is 1. The average Bonchev–Trinajstić information content (AvgIpc) is 2.83. The zero-order chi connectivity index (χ0) is 23.4. The van der Waals surface area contributed by atoms with Crippen LogP contribution in [0.15, 0.2) is 36.4 Å². The van der Waals surface area contributed by atoms with Crippen LogP contribution < -0.4 is 14.8 Å². The predicted octanol–water partition coefficient (Wildman–Crippen LogP) is 5.23. The van der Waals surface area contributed by atoms with Crippen molar-refractivity contribution >= 4 is 16.7 Å². The smallest absolute Gasteiger partial charge is 0.416 e. The van der Waals surface area contributed by atoms with Crippen molar-refractivity contribution in [3.8, 4) is 22.9 Å². The molecule has 1 aliphatic rings. The Morgan fingerprint density at radius 3 is 2.39 bits per heavy atom. The van der Waals surface area contributed by atoms with Crippen molar-refractivity contribution in [3.63, 3.8) is 0 Å². The minimum atomic E-state index is -4.45. The third-order valence-corrected chi connectivity index (χ3v) is 5.82. The van der Waals surface area contributed by atoms with E-state index in [1.165, 1.54) is 32.4 Å². The molecule has 1 fully saturated rings. The van der Waals surface area contributed by atoms with Gasteiger partial charge in [0.15, 0.2) is 17.3 Å². The van der Waals surface area contributed by atoms with Crippen LogP contribution in [0.4, 0.5) is 19.0 Å². The molecule has 0 saturated carbocycles. The molecular formula is C24H27F3N4O2. The standard InChI is InChI=1S/C24H27F3N4O2/c1-32-20-14-18-19(15-21(20)33-2)29-22(16-7-6-8-17(13-16)24(25,26)27)30-23(18)28-9-12-31-10-4-3-5-11-31/h6-8,13-15H,3-5,9-12H2,1-2H3,(H,28,29,30). The Bertz CT molecular complexity index is 1110. The van der Waals surface area contributed by atoms with Crippen LogP contribution >= 0.6 is 0 Å². The molecule has 1 aliphatic heterocycles. The molecule has 1 N–H and O–H groups in total. The van der Waals surface area contributed by atoms with E-state index in [0.717, 1.165) is 31.8 Å². The maximum absolute atomic E-state index is 13.3. The molecule has 0 atom stereocenters. The van der Waals surface area contributed by atoms with E-state index in [1.807, 2.05) is 0 Å². The van der Waals surface area contributed by atoms with Crippen molar-refractivity contribution in [2.24, 2.45) is 0 Å². The van der Waals surface area contributed by atoms with Gasteiger partial charge in [0.05, 0.1) is 25.3 Å². The number of alkyl halides is 3. The number of nitrogens with one attached hydrogen (secondary N) is 1. The van der Waals surface area contributed by atoms with Crippen molar-refractivity contribution in [1.29, 1.82) is 0 Å². The second-order valence-electron chi connectivity index (χ2n) is 8.03. The number of anilines is 1. The lowest BCUT2D eigenvalue weighted by Gasteiger charge is -2.26. The molecule has 0 unspecified atom stereocenters. The topological polar surface area (TPSA) is 59.5 Å². The molecule has 1 saturated heterocycles. The Morgan fingerprint density at radius 2 is 1.70 bits per heavy atom. The number of benzene rings is 2. The SMILES string of the molecule is COc1cc2nc(-c3cccc(C(F)(F)F)c3)nc(NCCN3CCCCC3)c2cc1OC. The minimum Gasteiger partial charge on any atom is -0.493 e. The molecule has 0 bridgehead atoms. The van der Waals surface area contributed by atoms with Gasteiger partial charge in [-0.05, 0) is 44.1 Å². The summed E-state index contributed by atoms with van der Waals surface area (Å²) in [6.45, 7) is 3.67. The number of ether oxygens (including phenoxy) is 2. The fourth-order valence-electron chi connectivity index (χ4n) is 4.07. The van der Waals surface area contributed by atoms with E-state index in [0.29, 0.717) is 40.3 Å². The summed E-state index contributed by atoms with van der Waals surface area (Å²) in [6.07, 6.45) is -0.776. The van der Waals surface area contributed by atoms with Crippen LogP contribution in [0.3, 0.4) is 0 Å². The maximum Gasteiger partial charge on any atom is 0.416 e. The largest absolute Gasteiger partial charge is 0.493 e. The number of halogens is 3. The van der Waals surface area contributed by atoms with E-state index < -0.39 is 11.7 Å². The summed E-state index contributed by atoms with van der Waals surface area (Å²) in [6, 6.07) is 8.55. The number of rotatable bonds is 7. The van der Waals surface area contributed by atoms with E-state index in [-0.39, 0.29) is 5.82 Å². The van der Waals surface area contributed by atoms with Crippen LogP contribution in [0.25, 0.3) is 22.3 Å². The van der Waals surface area contributed by atoms with Gasteiger partial charge in [-0.15, -0.1) is 0 Å². The Morgan fingerprint density at radius 1 is 0.970 bits per heavy atom. The number of likely N-dealkylation sites (tertiary alicyclic amines) is 1. The summed E-state index contributed by atoms with van der Waals surface area (Å²) < 4.78 is 50.6. The molecule has 33 heavy (non-hydrogen) atoms. The van der Waals surface area contributed by atoms with Crippen molar-refractivity contribution in [2.75, 3.05) is 45.7 Å². The minimum absolute atomic E-state index is 0.210. The highest BCUT2D eigenvalue weighted by molar-refractivity contribution is 5.93. The van der Waals surface area contributed by atoms with Gasteiger partial charge in [-0.25, -0.2) is 9.97 Å². The van der Waals surface area contributed by atoms with Crippen LogP contribution in [-0.4, -0.2) is 55.3 Å². The fourth-order valence-corrected chi connectivity index (χ4v) is 4.07. The molecule has 6 nitrogen and oxygen atoms in total. The van der Waals surface area contributed by atoms with Gasteiger partial charge in [0.1, 0.15) is 5.82 Å². The van der Waals surface area contributed by atoms with Gasteiger partial charge in [-0.3, -0.25) is 0 Å². The highest BCUT2D eigenvalue weighted by atomic mass is 19.4. The van der Waals surface area contributed by atoms with Crippen LogP contribution in [-0.2, 0) is 6.18 Å². The molecule has 9 heteroatoms. The van der Waals surface area contributed by atoms with E-state index in [1.54, 1.807) is 25.3 Å². The molecular weight excluding hydrogens is 433 g/mol. The van der Waals surface area contributed by atoms with Crippen LogP contribution in [0.1, 0.15) is 24.8 Å². The summed E-state index contributed by atoms with van der Waals surface area (Å²) in [5.74, 6) is 1.77. The maximum atomic E-state index is 13.3. The summed E-state index contributed by atoms with van der Waals surface area (Å²) in [4.78, 5) is 11.6. The number of hydrogen-bond donors (Lipinski definition) is 1. The number of nitrogens with zero attached hydrogens (tertiary/aromatic N) is 3. The van der Waals surface area contributed by atoms with Gasteiger partial charge in [-0.1, -0.05) is 18.6 Å². The van der Waals surface area contributed by atoms with Gasteiger partial charge in [0, 0.05) is 30.1 Å². The fraction of sp³-hybridized carbons (Fsp3) is 0.417. The molecule has 1 aromatic heterocycles. The molecule has 0 radical (unpaired) electrons. The van der Waals surface area contributed by atoms with Crippen LogP contribution in [0.2, 0.25) is 0 Å². The van der Waals surface area contributed by atoms with Gasteiger partial charge in [0.2, 0.25) is 0 Å². The van der Waals surface area contributed by atoms with E-state index in [4.69, 9.17) is 9.47 Å².